The van der Waals surface area contributed by atoms with Gasteiger partial charge in [0.05, 0.1) is 0 Å². The molecule has 0 atom stereocenters. The van der Waals surface area contributed by atoms with Crippen molar-refractivity contribution in [3.8, 4) is 44.7 Å². The van der Waals surface area contributed by atoms with E-state index in [-0.39, 0.29) is 0 Å². The molecule has 0 radical (unpaired) electrons. The summed E-state index contributed by atoms with van der Waals surface area (Å²) in [6, 6.07) is 66.4. The smallest absolute Gasteiger partial charge is 0.135 e. The summed E-state index contributed by atoms with van der Waals surface area (Å²) in [6.45, 7) is 0. The molecule has 0 bridgehead atoms. The lowest BCUT2D eigenvalue weighted by molar-refractivity contribution is 0.631. The van der Waals surface area contributed by atoms with Crippen LogP contribution < -0.4 is 4.90 Å². The first-order valence-corrected chi connectivity index (χ1v) is 15.6. The van der Waals surface area contributed by atoms with E-state index in [1.807, 2.05) is 18.2 Å². The quantitative estimate of drug-likeness (QED) is 0.184. The van der Waals surface area contributed by atoms with E-state index >= 15 is 0 Å². The van der Waals surface area contributed by atoms with Crippen molar-refractivity contribution < 1.29 is 4.42 Å². The first-order chi connectivity index (χ1) is 22.8. The van der Waals surface area contributed by atoms with Gasteiger partial charge in [0.25, 0.3) is 0 Å². The second-order valence-corrected chi connectivity index (χ2v) is 11.4. The van der Waals surface area contributed by atoms with Crippen molar-refractivity contribution in [1.82, 2.24) is 0 Å². The Kier molecular flexibility index (Phi) is 7.22. The van der Waals surface area contributed by atoms with Gasteiger partial charge in [-0.25, -0.2) is 0 Å². The minimum Gasteiger partial charge on any atom is -0.456 e. The lowest BCUT2D eigenvalue weighted by Crippen LogP contribution is -2.10. The van der Waals surface area contributed by atoms with Crippen molar-refractivity contribution in [2.24, 2.45) is 0 Å². The van der Waals surface area contributed by atoms with Gasteiger partial charge in [-0.2, -0.15) is 0 Å². The number of nitrogens with zero attached hydrogens (tertiary/aromatic N) is 1. The summed E-state index contributed by atoms with van der Waals surface area (Å²) in [5, 5.41) is 1.11. The zero-order valence-electron chi connectivity index (χ0n) is 25.3. The van der Waals surface area contributed by atoms with E-state index in [9.17, 15) is 0 Å². The van der Waals surface area contributed by atoms with Crippen LogP contribution in [0.3, 0.4) is 0 Å². The van der Waals surface area contributed by atoms with Crippen LogP contribution in [0, 0.1) is 0 Å². The molecule has 0 saturated carbocycles. The lowest BCUT2D eigenvalue weighted by atomic mass is 10.0. The van der Waals surface area contributed by atoms with Gasteiger partial charge in [0.1, 0.15) is 11.3 Å². The van der Waals surface area contributed by atoms with Crippen LogP contribution in [0.15, 0.2) is 192 Å². The third-order valence-corrected chi connectivity index (χ3v) is 8.45. The van der Waals surface area contributed by atoms with Gasteiger partial charge in [0.2, 0.25) is 0 Å². The predicted molar refractivity (Wildman–Crippen MR) is 193 cm³/mol. The molecule has 8 rings (SSSR count). The highest BCUT2D eigenvalue weighted by molar-refractivity contribution is 5.85. The van der Waals surface area contributed by atoms with Crippen LogP contribution in [0.25, 0.3) is 55.7 Å². The Morgan fingerprint density at radius 3 is 1.39 bits per heavy atom. The maximum Gasteiger partial charge on any atom is 0.135 e. The fourth-order valence-corrected chi connectivity index (χ4v) is 6.14. The number of hydrogen-bond acceptors (Lipinski definition) is 2. The SMILES string of the molecule is c1ccc(-c2cccc(N(c3ccc(-c4cccc(-c5cc6ccccc6o5)c4)cc3)c3cccc(-c4ccccc4)c3)c2)cc1. The average molecular weight is 590 g/mol. The first-order valence-electron chi connectivity index (χ1n) is 15.6. The zero-order valence-corrected chi connectivity index (χ0v) is 25.3. The van der Waals surface area contributed by atoms with Gasteiger partial charge in [-0.15, -0.1) is 0 Å². The number of furan rings is 1. The van der Waals surface area contributed by atoms with Crippen molar-refractivity contribution in [1.29, 1.82) is 0 Å². The maximum absolute atomic E-state index is 6.17. The third-order valence-electron chi connectivity index (χ3n) is 8.45. The van der Waals surface area contributed by atoms with Crippen molar-refractivity contribution in [2.75, 3.05) is 4.90 Å². The molecule has 8 aromatic rings. The van der Waals surface area contributed by atoms with E-state index in [1.54, 1.807) is 0 Å². The van der Waals surface area contributed by atoms with Gasteiger partial charge in [0, 0.05) is 28.0 Å². The highest BCUT2D eigenvalue weighted by Gasteiger charge is 2.15. The highest BCUT2D eigenvalue weighted by atomic mass is 16.3. The summed E-state index contributed by atoms with van der Waals surface area (Å²) < 4.78 is 6.17. The largest absolute Gasteiger partial charge is 0.456 e. The first kappa shape index (κ1) is 27.4. The molecule has 1 aromatic heterocycles. The Labute approximate surface area is 269 Å². The van der Waals surface area contributed by atoms with Crippen LogP contribution in [0.1, 0.15) is 0 Å². The van der Waals surface area contributed by atoms with Gasteiger partial charge in [-0.05, 0) is 88.0 Å². The molecule has 7 aromatic carbocycles. The monoisotopic (exact) mass is 589 g/mol. The number of benzene rings is 7. The fraction of sp³-hybridized carbons (Fsp3) is 0. The fourth-order valence-electron chi connectivity index (χ4n) is 6.14. The normalized spacial score (nSPS) is 11.0. The van der Waals surface area contributed by atoms with Gasteiger partial charge < -0.3 is 9.32 Å². The Hall–Kier alpha value is -6.12. The molecule has 0 saturated heterocycles. The van der Waals surface area contributed by atoms with E-state index in [1.165, 1.54) is 22.3 Å². The Balaban J connectivity index is 1.19. The Bertz CT molecular complexity index is 2130. The number of para-hydroxylation sites is 1. The molecule has 2 heteroatoms. The summed E-state index contributed by atoms with van der Waals surface area (Å²) in [5.74, 6) is 0.877. The van der Waals surface area contributed by atoms with Crippen LogP contribution >= 0.6 is 0 Å². The van der Waals surface area contributed by atoms with Crippen molar-refractivity contribution in [3.63, 3.8) is 0 Å². The van der Waals surface area contributed by atoms with Crippen molar-refractivity contribution in [2.45, 2.75) is 0 Å². The third kappa shape index (κ3) is 5.49. The molecule has 0 unspecified atom stereocenters. The van der Waals surface area contributed by atoms with Crippen molar-refractivity contribution in [3.05, 3.63) is 188 Å². The van der Waals surface area contributed by atoms with Gasteiger partial charge >= 0.3 is 0 Å². The number of anilines is 3. The molecule has 218 valence electrons. The molecular weight excluding hydrogens is 558 g/mol. The molecule has 0 aliphatic carbocycles. The predicted octanol–water partition coefficient (Wildman–Crippen LogP) is 12.6. The van der Waals surface area contributed by atoms with Crippen LogP contribution in [0.2, 0.25) is 0 Å². The number of hydrogen-bond donors (Lipinski definition) is 0. The lowest BCUT2D eigenvalue weighted by Gasteiger charge is -2.27. The maximum atomic E-state index is 6.17. The molecule has 2 nitrogen and oxygen atoms in total. The minimum atomic E-state index is 0.877. The second kappa shape index (κ2) is 12.1. The number of fused-ring (bicyclic) bond motifs is 1. The molecule has 0 N–H and O–H groups in total. The van der Waals surface area contributed by atoms with Gasteiger partial charge in [0.15, 0.2) is 0 Å². The standard InChI is InChI=1S/C44H31NO/c1-3-12-32(13-4-1)36-18-10-21-41(29-36)45(42-22-11-19-37(30-42)33-14-5-2-6-15-33)40-26-24-34(25-27-40)35-17-9-20-38(28-35)44-31-39-16-7-8-23-43(39)46-44/h1-31H. The van der Waals surface area contributed by atoms with E-state index in [0.29, 0.717) is 0 Å². The summed E-state index contributed by atoms with van der Waals surface area (Å²) in [4.78, 5) is 2.34. The Morgan fingerprint density at radius 1 is 0.304 bits per heavy atom. The molecule has 0 amide bonds. The van der Waals surface area contributed by atoms with Gasteiger partial charge in [-0.1, -0.05) is 133 Å². The van der Waals surface area contributed by atoms with Crippen LogP contribution in [-0.4, -0.2) is 0 Å². The van der Waals surface area contributed by atoms with Crippen molar-refractivity contribution >= 4 is 28.0 Å². The number of rotatable bonds is 7. The van der Waals surface area contributed by atoms with Crippen LogP contribution in [-0.2, 0) is 0 Å². The molecule has 1 heterocycles. The molecule has 46 heavy (non-hydrogen) atoms. The topological polar surface area (TPSA) is 16.4 Å². The summed E-state index contributed by atoms with van der Waals surface area (Å²) in [6.07, 6.45) is 0. The average Bonchev–Trinajstić information content (AvgIpc) is 3.58. The molecule has 0 spiro atoms. The summed E-state index contributed by atoms with van der Waals surface area (Å²) in [7, 11) is 0. The van der Waals surface area contributed by atoms with Gasteiger partial charge in [-0.3, -0.25) is 0 Å². The molecule has 0 aliphatic heterocycles. The van der Waals surface area contributed by atoms with E-state index in [2.05, 4.69) is 175 Å². The zero-order chi connectivity index (χ0) is 30.7. The summed E-state index contributed by atoms with van der Waals surface area (Å²) in [5.41, 5.74) is 12.3. The molecule has 0 aliphatic rings. The highest BCUT2D eigenvalue weighted by Crippen LogP contribution is 2.39. The van der Waals surface area contributed by atoms with E-state index in [0.717, 1.165) is 50.5 Å². The molecule has 0 fully saturated rings. The van der Waals surface area contributed by atoms with Crippen LogP contribution in [0.4, 0.5) is 17.1 Å². The second-order valence-electron chi connectivity index (χ2n) is 11.4. The van der Waals surface area contributed by atoms with Crippen LogP contribution in [0.5, 0.6) is 0 Å². The van der Waals surface area contributed by atoms with E-state index in [4.69, 9.17) is 4.42 Å². The summed E-state index contributed by atoms with van der Waals surface area (Å²) >= 11 is 0. The Morgan fingerprint density at radius 2 is 0.783 bits per heavy atom. The minimum absolute atomic E-state index is 0.877. The van der Waals surface area contributed by atoms with E-state index < -0.39 is 0 Å². The molecular formula is C44H31NO.